The largest absolute Gasteiger partial charge is 0.353 e. The number of hydrogen-bond donors (Lipinski definition) is 0. The zero-order valence-electron chi connectivity index (χ0n) is 14.5. The van der Waals surface area contributed by atoms with Gasteiger partial charge >= 0.3 is 0 Å². The molecule has 1 aliphatic rings. The summed E-state index contributed by atoms with van der Waals surface area (Å²) in [5.74, 6) is 3.01. The van der Waals surface area contributed by atoms with E-state index in [0.717, 1.165) is 54.9 Å². The molecule has 7 heteroatoms. The summed E-state index contributed by atoms with van der Waals surface area (Å²) in [5.41, 5.74) is 0. The van der Waals surface area contributed by atoms with Crippen LogP contribution >= 0.6 is 23.7 Å². The fraction of sp³-hybridized carbons (Fsp3) is 0.389. The van der Waals surface area contributed by atoms with Gasteiger partial charge in [-0.05, 0) is 31.5 Å². The van der Waals surface area contributed by atoms with Crippen molar-refractivity contribution in [1.29, 1.82) is 0 Å². The Hall–Kier alpha value is -1.92. The van der Waals surface area contributed by atoms with E-state index in [0.29, 0.717) is 0 Å². The van der Waals surface area contributed by atoms with Crippen LogP contribution in [-0.4, -0.2) is 41.1 Å². The van der Waals surface area contributed by atoms with Crippen LogP contribution in [0.3, 0.4) is 0 Å². The lowest BCUT2D eigenvalue weighted by molar-refractivity contribution is 0.642. The number of hydrogen-bond acceptors (Lipinski definition) is 6. The second kappa shape index (κ2) is 7.54. The minimum absolute atomic E-state index is 0. The molecule has 0 N–H and O–H groups in total. The molecule has 1 saturated heterocycles. The van der Waals surface area contributed by atoms with E-state index in [9.17, 15) is 0 Å². The highest BCUT2D eigenvalue weighted by Gasteiger charge is 2.22. The van der Waals surface area contributed by atoms with Crippen LogP contribution in [0.1, 0.15) is 17.6 Å². The van der Waals surface area contributed by atoms with Gasteiger partial charge in [0.05, 0.1) is 5.39 Å². The van der Waals surface area contributed by atoms with Crippen molar-refractivity contribution in [3.05, 3.63) is 41.2 Å². The molecule has 5 nitrogen and oxygen atoms in total. The quantitative estimate of drug-likeness (QED) is 0.698. The lowest BCUT2D eigenvalue weighted by Crippen LogP contribution is -2.47. The first kappa shape index (κ1) is 17.9. The Labute approximate surface area is 158 Å². The Morgan fingerprint density at radius 3 is 2.52 bits per heavy atom. The molecular formula is C18H22ClN5S. The van der Waals surface area contributed by atoms with Crippen LogP contribution in [-0.2, 0) is 6.42 Å². The Balaban J connectivity index is 0.00000182. The van der Waals surface area contributed by atoms with Crippen molar-refractivity contribution in [2.24, 2.45) is 0 Å². The smallest absolute Gasteiger partial charge is 0.141 e. The summed E-state index contributed by atoms with van der Waals surface area (Å²) in [5, 5.41) is 1.20. The predicted molar refractivity (Wildman–Crippen MR) is 107 cm³/mol. The number of pyridine rings is 1. The molecule has 1 fully saturated rings. The van der Waals surface area contributed by atoms with Gasteiger partial charge in [0.15, 0.2) is 0 Å². The highest BCUT2D eigenvalue weighted by Crippen LogP contribution is 2.32. The van der Waals surface area contributed by atoms with Crippen LogP contribution in [0.5, 0.6) is 0 Å². The molecule has 0 aliphatic carbocycles. The van der Waals surface area contributed by atoms with Gasteiger partial charge < -0.3 is 9.80 Å². The summed E-state index contributed by atoms with van der Waals surface area (Å²) in [4.78, 5) is 21.1. The highest BCUT2D eigenvalue weighted by atomic mass is 35.5. The monoisotopic (exact) mass is 375 g/mol. The van der Waals surface area contributed by atoms with Crippen molar-refractivity contribution in [1.82, 2.24) is 15.0 Å². The Morgan fingerprint density at radius 1 is 1.08 bits per heavy atom. The normalized spacial score (nSPS) is 14.6. The number of aromatic nitrogens is 3. The summed E-state index contributed by atoms with van der Waals surface area (Å²) < 4.78 is 0. The molecule has 3 aromatic rings. The molecule has 132 valence electrons. The molecule has 0 saturated carbocycles. The number of thiophene rings is 1. The van der Waals surface area contributed by atoms with Crippen molar-refractivity contribution in [2.75, 3.05) is 36.0 Å². The first-order chi connectivity index (χ1) is 11.7. The average Bonchev–Trinajstić information content (AvgIpc) is 3.05. The minimum atomic E-state index is 0. The van der Waals surface area contributed by atoms with Gasteiger partial charge in [-0.2, -0.15) is 0 Å². The number of nitrogens with zero attached hydrogens (tertiary/aromatic N) is 5. The Bertz CT molecular complexity index is 843. The first-order valence-corrected chi connectivity index (χ1v) is 9.24. The van der Waals surface area contributed by atoms with Crippen molar-refractivity contribution in [2.45, 2.75) is 20.3 Å². The van der Waals surface area contributed by atoms with Gasteiger partial charge in [0.1, 0.15) is 22.3 Å². The number of halogens is 1. The molecular weight excluding hydrogens is 354 g/mol. The third kappa shape index (κ3) is 3.55. The SMILES string of the molecule is CCc1cc2c(N3CCN(c4ccccn4)CC3)nc(C)nc2s1.Cl. The molecule has 4 heterocycles. The zero-order valence-corrected chi connectivity index (χ0v) is 16.1. The van der Waals surface area contributed by atoms with Crippen LogP contribution in [0.15, 0.2) is 30.5 Å². The van der Waals surface area contributed by atoms with Crippen molar-refractivity contribution in [3.63, 3.8) is 0 Å². The van der Waals surface area contributed by atoms with E-state index in [2.05, 4.69) is 38.8 Å². The molecule has 0 unspecified atom stereocenters. The average molecular weight is 376 g/mol. The summed E-state index contributed by atoms with van der Waals surface area (Å²) >= 11 is 1.79. The van der Waals surface area contributed by atoms with Gasteiger partial charge in [0.25, 0.3) is 0 Å². The molecule has 0 spiro atoms. The molecule has 4 rings (SSSR count). The number of rotatable bonds is 3. The van der Waals surface area contributed by atoms with Crippen LogP contribution in [0.4, 0.5) is 11.6 Å². The second-order valence-electron chi connectivity index (χ2n) is 6.04. The van der Waals surface area contributed by atoms with E-state index in [4.69, 9.17) is 4.98 Å². The van der Waals surface area contributed by atoms with Crippen molar-refractivity contribution < 1.29 is 0 Å². The van der Waals surface area contributed by atoms with E-state index in [1.807, 2.05) is 25.3 Å². The van der Waals surface area contributed by atoms with Gasteiger partial charge in [-0.1, -0.05) is 13.0 Å². The summed E-state index contributed by atoms with van der Waals surface area (Å²) in [7, 11) is 0. The lowest BCUT2D eigenvalue weighted by atomic mass is 10.2. The van der Waals surface area contributed by atoms with Crippen LogP contribution in [0, 0.1) is 6.92 Å². The Kier molecular flexibility index (Phi) is 5.39. The fourth-order valence-electron chi connectivity index (χ4n) is 3.16. The van der Waals surface area contributed by atoms with Gasteiger partial charge in [-0.25, -0.2) is 15.0 Å². The number of fused-ring (bicyclic) bond motifs is 1. The molecule has 0 aromatic carbocycles. The predicted octanol–water partition coefficient (Wildman–Crippen LogP) is 3.71. The molecule has 0 bridgehead atoms. The number of piperazine rings is 1. The minimum Gasteiger partial charge on any atom is -0.353 e. The second-order valence-corrected chi connectivity index (χ2v) is 7.16. The van der Waals surface area contributed by atoms with E-state index < -0.39 is 0 Å². The molecule has 0 radical (unpaired) electrons. The maximum atomic E-state index is 4.76. The van der Waals surface area contributed by atoms with Crippen molar-refractivity contribution >= 4 is 45.6 Å². The van der Waals surface area contributed by atoms with Crippen molar-refractivity contribution in [3.8, 4) is 0 Å². The zero-order chi connectivity index (χ0) is 16.5. The summed E-state index contributed by atoms with van der Waals surface area (Å²) in [6.07, 6.45) is 2.91. The van der Waals surface area contributed by atoms with Gasteiger partial charge in [0, 0.05) is 37.3 Å². The highest BCUT2D eigenvalue weighted by molar-refractivity contribution is 7.18. The third-order valence-electron chi connectivity index (χ3n) is 4.44. The topological polar surface area (TPSA) is 45.2 Å². The standard InChI is InChI=1S/C18H21N5S.ClH/c1-3-14-12-15-17(20-13(2)21-18(15)24-14)23-10-8-22(9-11-23)16-6-4-5-7-19-16;/h4-7,12H,3,8-11H2,1-2H3;1H. The molecule has 3 aromatic heterocycles. The van der Waals surface area contributed by atoms with Gasteiger partial charge in [-0.3, -0.25) is 0 Å². The molecule has 25 heavy (non-hydrogen) atoms. The summed E-state index contributed by atoms with van der Waals surface area (Å²) in [6, 6.07) is 8.35. The lowest BCUT2D eigenvalue weighted by Gasteiger charge is -2.36. The first-order valence-electron chi connectivity index (χ1n) is 8.42. The molecule has 0 atom stereocenters. The fourth-order valence-corrected chi connectivity index (χ4v) is 4.17. The van der Waals surface area contributed by atoms with Crippen LogP contribution < -0.4 is 9.80 Å². The van der Waals surface area contributed by atoms with Gasteiger partial charge in [-0.15, -0.1) is 23.7 Å². The van der Waals surface area contributed by atoms with Crippen LogP contribution in [0.25, 0.3) is 10.2 Å². The van der Waals surface area contributed by atoms with E-state index in [1.54, 1.807) is 11.3 Å². The molecule has 0 amide bonds. The van der Waals surface area contributed by atoms with E-state index >= 15 is 0 Å². The maximum Gasteiger partial charge on any atom is 0.141 e. The third-order valence-corrected chi connectivity index (χ3v) is 5.61. The van der Waals surface area contributed by atoms with Gasteiger partial charge in [0.2, 0.25) is 0 Å². The summed E-state index contributed by atoms with van der Waals surface area (Å²) in [6.45, 7) is 8.02. The van der Waals surface area contributed by atoms with Crippen LogP contribution in [0.2, 0.25) is 0 Å². The maximum absolute atomic E-state index is 4.76. The molecule has 1 aliphatic heterocycles. The Morgan fingerprint density at radius 2 is 1.84 bits per heavy atom. The number of aryl methyl sites for hydroxylation is 2. The van der Waals surface area contributed by atoms with E-state index in [1.165, 1.54) is 10.3 Å². The van der Waals surface area contributed by atoms with E-state index in [-0.39, 0.29) is 12.4 Å². The number of anilines is 2.